The average Bonchev–Trinajstić information content (AvgIpc) is 2.53. The van der Waals surface area contributed by atoms with Gasteiger partial charge in [0.2, 0.25) is 9.84 Å². The smallest absolute Gasteiger partial charge is 0.341 e. The third kappa shape index (κ3) is 3.94. The van der Waals surface area contributed by atoms with Crippen molar-refractivity contribution in [1.82, 2.24) is 0 Å². The molecule has 0 fully saturated rings. The Morgan fingerprint density at radius 2 is 1.64 bits per heavy atom. The summed E-state index contributed by atoms with van der Waals surface area (Å²) < 4.78 is 53.9. The summed E-state index contributed by atoms with van der Waals surface area (Å²) in [5.74, 6) is -2.77. The Balaban J connectivity index is 1.99. The monoisotopic (exact) mass is 327 g/mol. The van der Waals surface area contributed by atoms with Crippen molar-refractivity contribution in [1.29, 1.82) is 0 Å². The molecule has 0 heterocycles. The van der Waals surface area contributed by atoms with Crippen LogP contribution >= 0.6 is 0 Å². The molecule has 2 rings (SSSR count). The molecule has 0 aliphatic heterocycles. The Morgan fingerprint density at radius 1 is 1.00 bits per heavy atom. The van der Waals surface area contributed by atoms with Crippen LogP contribution in [-0.2, 0) is 9.84 Å². The summed E-state index contributed by atoms with van der Waals surface area (Å²) in [7, 11) is -4.63. The Morgan fingerprint density at radius 3 is 2.32 bits per heavy atom. The van der Waals surface area contributed by atoms with Gasteiger partial charge in [-0.15, -0.1) is 0 Å². The Hall–Kier alpha value is -2.15. The minimum absolute atomic E-state index is 0.138. The molecule has 0 aromatic heterocycles. The average molecular weight is 327 g/mol. The molecule has 0 bridgehead atoms. The first-order valence-electron chi connectivity index (χ1n) is 6.54. The van der Waals surface area contributed by atoms with E-state index >= 15 is 0 Å². The predicted molar refractivity (Wildman–Crippen MR) is 80.1 cm³/mol. The van der Waals surface area contributed by atoms with Crippen LogP contribution in [0.1, 0.15) is 0 Å². The number of anilines is 1. The van der Waals surface area contributed by atoms with E-state index in [1.165, 1.54) is 12.1 Å². The fourth-order valence-electron chi connectivity index (χ4n) is 1.83. The van der Waals surface area contributed by atoms with Crippen LogP contribution in [0.4, 0.5) is 14.5 Å². The highest BCUT2D eigenvalue weighted by atomic mass is 32.2. The van der Waals surface area contributed by atoms with Gasteiger partial charge in [0.05, 0.1) is 10.6 Å². The molecule has 22 heavy (non-hydrogen) atoms. The van der Waals surface area contributed by atoms with Crippen molar-refractivity contribution < 1.29 is 21.9 Å². The minimum atomic E-state index is -4.63. The van der Waals surface area contributed by atoms with E-state index in [1.807, 2.05) is 18.2 Å². The van der Waals surface area contributed by atoms with E-state index in [1.54, 1.807) is 18.2 Å². The summed E-state index contributed by atoms with van der Waals surface area (Å²) in [6, 6.07) is 14.7. The quantitative estimate of drug-likeness (QED) is 0.794. The van der Waals surface area contributed by atoms with Gasteiger partial charge in [0.1, 0.15) is 12.4 Å². The number of hydrogen-bond donors (Lipinski definition) is 1. The van der Waals surface area contributed by atoms with E-state index in [4.69, 9.17) is 4.74 Å². The molecule has 0 atom stereocenters. The van der Waals surface area contributed by atoms with E-state index in [0.29, 0.717) is 5.75 Å². The topological polar surface area (TPSA) is 55.4 Å². The van der Waals surface area contributed by atoms with Crippen LogP contribution in [0, 0.1) is 0 Å². The largest absolute Gasteiger partial charge is 0.492 e. The van der Waals surface area contributed by atoms with Gasteiger partial charge in [0, 0.05) is 6.54 Å². The van der Waals surface area contributed by atoms with Crippen molar-refractivity contribution in [3.8, 4) is 5.75 Å². The molecular weight excluding hydrogens is 312 g/mol. The van der Waals surface area contributed by atoms with Crippen LogP contribution in [0.25, 0.3) is 0 Å². The van der Waals surface area contributed by atoms with E-state index in [0.717, 1.165) is 6.07 Å². The molecule has 0 saturated carbocycles. The zero-order valence-corrected chi connectivity index (χ0v) is 12.4. The number of para-hydroxylation sites is 2. The molecular formula is C15H15F2NO3S. The van der Waals surface area contributed by atoms with Crippen LogP contribution < -0.4 is 10.1 Å². The van der Waals surface area contributed by atoms with E-state index in [-0.39, 0.29) is 18.8 Å². The fraction of sp³-hybridized carbons (Fsp3) is 0.200. The minimum Gasteiger partial charge on any atom is -0.492 e. The van der Waals surface area contributed by atoms with Gasteiger partial charge >= 0.3 is 5.76 Å². The number of rotatable bonds is 7. The summed E-state index contributed by atoms with van der Waals surface area (Å²) in [4.78, 5) is -0.412. The van der Waals surface area contributed by atoms with Crippen LogP contribution in [0.3, 0.4) is 0 Å². The fourth-order valence-corrected chi connectivity index (χ4v) is 2.74. The van der Waals surface area contributed by atoms with Gasteiger partial charge in [-0.1, -0.05) is 30.3 Å². The normalized spacial score (nSPS) is 11.4. The highest BCUT2D eigenvalue weighted by molar-refractivity contribution is 7.91. The van der Waals surface area contributed by atoms with Gasteiger partial charge in [-0.2, -0.15) is 8.78 Å². The standard InChI is InChI=1S/C15H15F2NO3S/c16-15(17)22(19,20)14-9-5-4-8-13(14)18-10-11-21-12-6-2-1-3-7-12/h1-9,15,18H,10-11H2. The lowest BCUT2D eigenvalue weighted by molar-refractivity contribution is 0.235. The van der Waals surface area contributed by atoms with Crippen molar-refractivity contribution >= 4 is 15.5 Å². The van der Waals surface area contributed by atoms with Crippen molar-refractivity contribution in [3.63, 3.8) is 0 Å². The molecule has 0 amide bonds. The van der Waals surface area contributed by atoms with Gasteiger partial charge in [0.15, 0.2) is 0 Å². The van der Waals surface area contributed by atoms with E-state index < -0.39 is 20.5 Å². The summed E-state index contributed by atoms with van der Waals surface area (Å²) in [6.07, 6.45) is 0. The number of sulfone groups is 1. The van der Waals surface area contributed by atoms with Crippen LogP contribution in [0.15, 0.2) is 59.5 Å². The summed E-state index contributed by atoms with van der Waals surface area (Å²) in [6.45, 7) is 0.553. The number of halogens is 2. The first kappa shape index (κ1) is 16.2. The molecule has 7 heteroatoms. The molecule has 118 valence electrons. The van der Waals surface area contributed by atoms with Crippen molar-refractivity contribution in [2.45, 2.75) is 10.7 Å². The molecule has 2 aromatic rings. The molecule has 0 radical (unpaired) electrons. The summed E-state index contributed by atoms with van der Waals surface area (Å²) >= 11 is 0. The third-order valence-electron chi connectivity index (χ3n) is 2.86. The lowest BCUT2D eigenvalue weighted by Gasteiger charge is -2.12. The van der Waals surface area contributed by atoms with Crippen LogP contribution in [0.2, 0.25) is 0 Å². The Bertz CT molecular complexity index is 706. The lowest BCUT2D eigenvalue weighted by atomic mass is 10.3. The molecule has 0 aliphatic rings. The molecule has 2 aromatic carbocycles. The highest BCUT2D eigenvalue weighted by Crippen LogP contribution is 2.25. The molecule has 0 aliphatic carbocycles. The third-order valence-corrected chi connectivity index (χ3v) is 4.30. The number of benzene rings is 2. The maximum absolute atomic E-state index is 12.6. The zero-order valence-electron chi connectivity index (χ0n) is 11.6. The van der Waals surface area contributed by atoms with Crippen molar-refractivity contribution in [2.24, 2.45) is 0 Å². The van der Waals surface area contributed by atoms with Gasteiger partial charge in [-0.25, -0.2) is 8.42 Å². The molecule has 0 spiro atoms. The predicted octanol–water partition coefficient (Wildman–Crippen LogP) is 3.17. The highest BCUT2D eigenvalue weighted by Gasteiger charge is 2.28. The molecule has 4 nitrogen and oxygen atoms in total. The van der Waals surface area contributed by atoms with Crippen LogP contribution in [-0.4, -0.2) is 27.3 Å². The SMILES string of the molecule is O=S(=O)(c1ccccc1NCCOc1ccccc1)C(F)F. The van der Waals surface area contributed by atoms with E-state index in [9.17, 15) is 17.2 Å². The maximum atomic E-state index is 12.6. The summed E-state index contributed by atoms with van der Waals surface area (Å²) in [5.41, 5.74) is 0.138. The van der Waals surface area contributed by atoms with E-state index in [2.05, 4.69) is 5.32 Å². The lowest BCUT2D eigenvalue weighted by Crippen LogP contribution is -2.17. The van der Waals surface area contributed by atoms with Crippen LogP contribution in [0.5, 0.6) is 5.75 Å². The molecule has 1 N–H and O–H groups in total. The second kappa shape index (κ2) is 7.22. The summed E-state index contributed by atoms with van der Waals surface area (Å²) in [5, 5.41) is 2.81. The van der Waals surface area contributed by atoms with Gasteiger partial charge in [0.25, 0.3) is 0 Å². The zero-order chi connectivity index (χ0) is 16.0. The second-order valence-corrected chi connectivity index (χ2v) is 6.28. The molecule has 0 saturated heterocycles. The Kier molecular flexibility index (Phi) is 5.32. The van der Waals surface area contributed by atoms with Crippen molar-refractivity contribution in [3.05, 3.63) is 54.6 Å². The first-order valence-corrected chi connectivity index (χ1v) is 8.09. The van der Waals surface area contributed by atoms with Gasteiger partial charge in [-0.3, -0.25) is 0 Å². The maximum Gasteiger partial charge on any atom is 0.341 e. The number of alkyl halides is 2. The molecule has 0 unspecified atom stereocenters. The van der Waals surface area contributed by atoms with Crippen molar-refractivity contribution in [2.75, 3.05) is 18.5 Å². The van der Waals surface area contributed by atoms with Gasteiger partial charge in [-0.05, 0) is 24.3 Å². The second-order valence-electron chi connectivity index (χ2n) is 4.39. The Labute approximate surface area is 127 Å². The van der Waals surface area contributed by atoms with Gasteiger partial charge < -0.3 is 10.1 Å². The number of nitrogens with one attached hydrogen (secondary N) is 1. The first-order chi connectivity index (χ1) is 10.5. The number of ether oxygens (including phenoxy) is 1. The number of hydrogen-bond acceptors (Lipinski definition) is 4.